The van der Waals surface area contributed by atoms with Gasteiger partial charge in [0.05, 0.1) is 13.7 Å². The van der Waals surface area contributed by atoms with Gasteiger partial charge in [-0.05, 0) is 37.6 Å². The van der Waals surface area contributed by atoms with Crippen molar-refractivity contribution < 1.29 is 19.0 Å². The van der Waals surface area contributed by atoms with E-state index in [9.17, 15) is 4.79 Å². The van der Waals surface area contributed by atoms with Crippen LogP contribution in [0, 0.1) is 0 Å². The van der Waals surface area contributed by atoms with Gasteiger partial charge in [-0.2, -0.15) is 0 Å². The summed E-state index contributed by atoms with van der Waals surface area (Å²) in [6, 6.07) is 5.47. The first-order chi connectivity index (χ1) is 9.71. The Balaban J connectivity index is 2.78. The zero-order valence-electron chi connectivity index (χ0n) is 12.1. The summed E-state index contributed by atoms with van der Waals surface area (Å²) in [6.45, 7) is 4.56. The zero-order chi connectivity index (χ0) is 14.8. The third-order valence-corrected chi connectivity index (χ3v) is 2.46. The van der Waals surface area contributed by atoms with Crippen molar-refractivity contribution in [3.05, 3.63) is 42.0 Å². The molecule has 0 heterocycles. The van der Waals surface area contributed by atoms with E-state index in [-0.39, 0.29) is 5.97 Å². The number of hydrogen-bond acceptors (Lipinski definition) is 4. The molecule has 0 unspecified atom stereocenters. The van der Waals surface area contributed by atoms with Crippen molar-refractivity contribution in [1.29, 1.82) is 0 Å². The lowest BCUT2D eigenvalue weighted by Crippen LogP contribution is -1.99. The molecule has 0 saturated carbocycles. The maximum Gasteiger partial charge on any atom is 0.330 e. The van der Waals surface area contributed by atoms with E-state index in [1.807, 2.05) is 31.2 Å². The molecule has 1 aromatic rings. The van der Waals surface area contributed by atoms with Crippen LogP contribution in [-0.2, 0) is 9.53 Å². The minimum Gasteiger partial charge on any atom is -0.493 e. The minimum atomic E-state index is -0.361. The number of esters is 1. The normalized spacial score (nSPS) is 10.9. The van der Waals surface area contributed by atoms with E-state index in [1.165, 1.54) is 6.08 Å². The smallest absolute Gasteiger partial charge is 0.330 e. The first-order valence-electron chi connectivity index (χ1n) is 6.48. The number of allylic oxidation sites excluding steroid dienone is 1. The second-order valence-corrected chi connectivity index (χ2v) is 3.88. The third kappa shape index (κ3) is 5.18. The second kappa shape index (κ2) is 8.80. The summed E-state index contributed by atoms with van der Waals surface area (Å²) >= 11 is 0. The Morgan fingerprint density at radius 3 is 2.75 bits per heavy atom. The van der Waals surface area contributed by atoms with Crippen molar-refractivity contribution in [2.45, 2.75) is 13.8 Å². The van der Waals surface area contributed by atoms with E-state index in [1.54, 1.807) is 26.2 Å². The largest absolute Gasteiger partial charge is 0.493 e. The molecule has 0 N–H and O–H groups in total. The van der Waals surface area contributed by atoms with Gasteiger partial charge in [-0.25, -0.2) is 4.79 Å². The lowest BCUT2D eigenvalue weighted by molar-refractivity contribution is -0.137. The Kier molecular flexibility index (Phi) is 6.96. The highest BCUT2D eigenvalue weighted by atomic mass is 16.5. The van der Waals surface area contributed by atoms with Crippen LogP contribution in [0.1, 0.15) is 19.4 Å². The molecular formula is C16H20O4. The lowest BCUT2D eigenvalue weighted by Gasteiger charge is -2.09. The average Bonchev–Trinajstić information content (AvgIpc) is 2.46. The van der Waals surface area contributed by atoms with E-state index in [0.29, 0.717) is 24.7 Å². The maximum absolute atomic E-state index is 11.2. The Morgan fingerprint density at radius 2 is 2.10 bits per heavy atom. The van der Waals surface area contributed by atoms with Gasteiger partial charge in [-0.15, -0.1) is 0 Å². The molecular weight excluding hydrogens is 256 g/mol. The van der Waals surface area contributed by atoms with E-state index in [4.69, 9.17) is 14.2 Å². The standard InChI is InChI=1S/C16H20O4/c1-4-6-11-20-14-9-7-13(12-15(14)18-3)8-10-16(17)19-5-2/h4,6-10,12H,5,11H2,1-3H3/b6-4+,10-8+. The molecule has 0 spiro atoms. The molecule has 20 heavy (non-hydrogen) atoms. The van der Waals surface area contributed by atoms with Gasteiger partial charge in [-0.3, -0.25) is 0 Å². The SMILES string of the molecule is C/C=C/COc1ccc(/C=C/C(=O)OCC)cc1OC. The van der Waals surface area contributed by atoms with Crippen molar-refractivity contribution >= 4 is 12.0 Å². The third-order valence-electron chi connectivity index (χ3n) is 2.46. The molecule has 108 valence electrons. The van der Waals surface area contributed by atoms with Gasteiger partial charge in [0.2, 0.25) is 0 Å². The summed E-state index contributed by atoms with van der Waals surface area (Å²) in [7, 11) is 1.58. The van der Waals surface area contributed by atoms with Crippen molar-refractivity contribution in [3.63, 3.8) is 0 Å². The fourth-order valence-electron chi connectivity index (χ4n) is 1.50. The molecule has 0 amide bonds. The van der Waals surface area contributed by atoms with Crippen LogP contribution < -0.4 is 9.47 Å². The van der Waals surface area contributed by atoms with Crippen LogP contribution in [0.5, 0.6) is 11.5 Å². The van der Waals surface area contributed by atoms with Crippen LogP contribution >= 0.6 is 0 Å². The molecule has 1 aromatic carbocycles. The summed E-state index contributed by atoms with van der Waals surface area (Å²) in [5, 5.41) is 0. The number of carbonyl (C=O) groups is 1. The van der Waals surface area contributed by atoms with Crippen molar-refractivity contribution in [1.82, 2.24) is 0 Å². The van der Waals surface area contributed by atoms with Gasteiger partial charge >= 0.3 is 5.97 Å². The first kappa shape index (κ1) is 15.8. The molecule has 4 heteroatoms. The monoisotopic (exact) mass is 276 g/mol. The average molecular weight is 276 g/mol. The first-order valence-corrected chi connectivity index (χ1v) is 6.48. The van der Waals surface area contributed by atoms with Gasteiger partial charge in [0.1, 0.15) is 6.61 Å². The molecule has 0 radical (unpaired) electrons. The topological polar surface area (TPSA) is 44.8 Å². The van der Waals surface area contributed by atoms with Gasteiger partial charge in [0.25, 0.3) is 0 Å². The maximum atomic E-state index is 11.2. The summed E-state index contributed by atoms with van der Waals surface area (Å²) in [5.74, 6) is 0.930. The van der Waals surface area contributed by atoms with Crippen LogP contribution in [0.4, 0.5) is 0 Å². The van der Waals surface area contributed by atoms with Crippen molar-refractivity contribution in [2.75, 3.05) is 20.3 Å². The summed E-state index contributed by atoms with van der Waals surface area (Å²) in [4.78, 5) is 11.2. The van der Waals surface area contributed by atoms with Crippen LogP contribution in [0.15, 0.2) is 36.4 Å². The number of ether oxygens (including phenoxy) is 3. The van der Waals surface area contributed by atoms with Crippen molar-refractivity contribution in [3.8, 4) is 11.5 Å². The summed E-state index contributed by atoms with van der Waals surface area (Å²) in [6.07, 6.45) is 6.89. The molecule has 0 aromatic heterocycles. The lowest BCUT2D eigenvalue weighted by atomic mass is 10.2. The highest BCUT2D eigenvalue weighted by Gasteiger charge is 2.04. The fourth-order valence-corrected chi connectivity index (χ4v) is 1.50. The van der Waals surface area contributed by atoms with Crippen LogP contribution in [0.3, 0.4) is 0 Å². The minimum absolute atomic E-state index is 0.361. The van der Waals surface area contributed by atoms with E-state index < -0.39 is 0 Å². The molecule has 0 aliphatic rings. The molecule has 0 atom stereocenters. The Bertz CT molecular complexity index is 489. The number of benzene rings is 1. The quantitative estimate of drug-likeness (QED) is 0.436. The van der Waals surface area contributed by atoms with Crippen LogP contribution in [0.2, 0.25) is 0 Å². The molecule has 0 aliphatic heterocycles. The second-order valence-electron chi connectivity index (χ2n) is 3.88. The van der Waals surface area contributed by atoms with Gasteiger partial charge in [0, 0.05) is 6.08 Å². The van der Waals surface area contributed by atoms with Crippen LogP contribution in [-0.4, -0.2) is 26.3 Å². The zero-order valence-corrected chi connectivity index (χ0v) is 12.1. The molecule has 0 aliphatic carbocycles. The molecule has 1 rings (SSSR count). The Labute approximate surface area is 119 Å². The van der Waals surface area contributed by atoms with E-state index in [0.717, 1.165) is 5.56 Å². The summed E-state index contributed by atoms with van der Waals surface area (Å²) in [5.41, 5.74) is 0.841. The Hall–Kier alpha value is -2.23. The number of hydrogen-bond donors (Lipinski definition) is 0. The molecule has 0 fully saturated rings. The summed E-state index contributed by atoms with van der Waals surface area (Å²) < 4.78 is 15.7. The van der Waals surface area contributed by atoms with Crippen molar-refractivity contribution in [2.24, 2.45) is 0 Å². The highest BCUT2D eigenvalue weighted by Crippen LogP contribution is 2.28. The van der Waals surface area contributed by atoms with Crippen LogP contribution in [0.25, 0.3) is 6.08 Å². The van der Waals surface area contributed by atoms with Gasteiger partial charge < -0.3 is 14.2 Å². The van der Waals surface area contributed by atoms with E-state index in [2.05, 4.69) is 0 Å². The predicted molar refractivity (Wildman–Crippen MR) is 79.0 cm³/mol. The molecule has 4 nitrogen and oxygen atoms in total. The fraction of sp³-hybridized carbons (Fsp3) is 0.312. The predicted octanol–water partition coefficient (Wildman–Crippen LogP) is 3.23. The van der Waals surface area contributed by atoms with E-state index >= 15 is 0 Å². The van der Waals surface area contributed by atoms with Gasteiger partial charge in [0.15, 0.2) is 11.5 Å². The highest BCUT2D eigenvalue weighted by molar-refractivity contribution is 5.87. The molecule has 0 saturated heterocycles. The Morgan fingerprint density at radius 1 is 1.30 bits per heavy atom. The molecule has 0 bridgehead atoms. The number of methoxy groups -OCH3 is 1. The van der Waals surface area contributed by atoms with Gasteiger partial charge in [-0.1, -0.05) is 18.2 Å². The number of rotatable bonds is 7. The number of carbonyl (C=O) groups excluding carboxylic acids is 1.